The van der Waals surface area contributed by atoms with E-state index >= 15 is 0 Å². The van der Waals surface area contributed by atoms with Crippen LogP contribution in [0.15, 0.2) is 48.5 Å². The summed E-state index contributed by atoms with van der Waals surface area (Å²) in [4.78, 5) is 0. The fraction of sp³-hybridized carbons (Fsp3) is 0.143. The second-order valence-electron chi connectivity index (χ2n) is 4.26. The zero-order valence-electron chi connectivity index (χ0n) is 10.4. The summed E-state index contributed by atoms with van der Waals surface area (Å²) in [6.45, 7) is 1.78. The standard InChI is InChI=1S/C14H14ClNO2S/c1-11-13(15)8-5-9-14(11)16-19(17,18)10-12-6-3-2-4-7-12/h2-9,16H,10H2,1H3. The van der Waals surface area contributed by atoms with Crippen LogP contribution in [0.3, 0.4) is 0 Å². The van der Waals surface area contributed by atoms with E-state index in [4.69, 9.17) is 11.6 Å². The van der Waals surface area contributed by atoms with Crippen molar-refractivity contribution in [3.05, 3.63) is 64.7 Å². The Hall–Kier alpha value is -1.52. The van der Waals surface area contributed by atoms with Gasteiger partial charge in [0.25, 0.3) is 0 Å². The van der Waals surface area contributed by atoms with Gasteiger partial charge >= 0.3 is 0 Å². The van der Waals surface area contributed by atoms with E-state index in [1.807, 2.05) is 18.2 Å². The topological polar surface area (TPSA) is 46.2 Å². The molecule has 0 spiro atoms. The molecule has 0 radical (unpaired) electrons. The first-order valence-corrected chi connectivity index (χ1v) is 7.80. The van der Waals surface area contributed by atoms with Crippen LogP contribution in [0.25, 0.3) is 0 Å². The lowest BCUT2D eigenvalue weighted by molar-refractivity contribution is 0.600. The largest absolute Gasteiger partial charge is 0.283 e. The summed E-state index contributed by atoms with van der Waals surface area (Å²) in [6, 6.07) is 14.2. The SMILES string of the molecule is Cc1c(Cl)cccc1NS(=O)(=O)Cc1ccccc1. The Morgan fingerprint density at radius 3 is 2.42 bits per heavy atom. The molecule has 3 nitrogen and oxygen atoms in total. The van der Waals surface area contributed by atoms with E-state index in [9.17, 15) is 8.42 Å². The Kier molecular flexibility index (Phi) is 4.12. The second-order valence-corrected chi connectivity index (χ2v) is 6.39. The Bertz CT molecular complexity index is 669. The summed E-state index contributed by atoms with van der Waals surface area (Å²) < 4.78 is 26.7. The van der Waals surface area contributed by atoms with Crippen molar-refractivity contribution in [3.8, 4) is 0 Å². The van der Waals surface area contributed by atoms with Crippen LogP contribution in [0.1, 0.15) is 11.1 Å². The molecule has 2 aromatic rings. The van der Waals surface area contributed by atoms with Crippen LogP contribution >= 0.6 is 11.6 Å². The fourth-order valence-electron chi connectivity index (χ4n) is 1.72. The van der Waals surface area contributed by atoms with Gasteiger partial charge < -0.3 is 0 Å². The van der Waals surface area contributed by atoms with Gasteiger partial charge in [-0.1, -0.05) is 48.0 Å². The number of nitrogens with one attached hydrogen (secondary N) is 1. The van der Waals surface area contributed by atoms with Gasteiger partial charge in [0.15, 0.2) is 0 Å². The van der Waals surface area contributed by atoms with E-state index in [1.54, 1.807) is 37.3 Å². The van der Waals surface area contributed by atoms with E-state index in [2.05, 4.69) is 4.72 Å². The first-order valence-electron chi connectivity index (χ1n) is 5.77. The van der Waals surface area contributed by atoms with Gasteiger partial charge in [-0.2, -0.15) is 0 Å². The Balaban J connectivity index is 2.20. The van der Waals surface area contributed by atoms with Crippen LogP contribution in [0.2, 0.25) is 5.02 Å². The minimum atomic E-state index is -3.44. The Labute approximate surface area is 118 Å². The molecule has 0 aliphatic heterocycles. The van der Waals surface area contributed by atoms with Gasteiger partial charge in [-0.3, -0.25) is 4.72 Å². The summed E-state index contributed by atoms with van der Waals surface area (Å²) in [6.07, 6.45) is 0. The molecule has 0 unspecified atom stereocenters. The maximum atomic E-state index is 12.1. The van der Waals surface area contributed by atoms with Gasteiger partial charge in [-0.05, 0) is 30.2 Å². The van der Waals surface area contributed by atoms with Gasteiger partial charge in [0.05, 0.1) is 11.4 Å². The molecule has 100 valence electrons. The number of benzene rings is 2. The van der Waals surface area contributed by atoms with Gasteiger partial charge in [0.2, 0.25) is 10.0 Å². The van der Waals surface area contributed by atoms with Crippen molar-refractivity contribution in [2.24, 2.45) is 0 Å². The zero-order valence-corrected chi connectivity index (χ0v) is 12.0. The van der Waals surface area contributed by atoms with Crippen molar-refractivity contribution in [3.63, 3.8) is 0 Å². The molecular weight excluding hydrogens is 282 g/mol. The van der Waals surface area contributed by atoms with Crippen molar-refractivity contribution in [2.75, 3.05) is 4.72 Å². The first kappa shape index (κ1) is 13.9. The molecular formula is C14H14ClNO2S. The molecule has 0 heterocycles. The molecule has 0 bridgehead atoms. The average molecular weight is 296 g/mol. The Morgan fingerprint density at radius 1 is 1.05 bits per heavy atom. The van der Waals surface area contributed by atoms with Crippen LogP contribution in [-0.4, -0.2) is 8.42 Å². The summed E-state index contributed by atoms with van der Waals surface area (Å²) in [5.74, 6) is -0.0558. The highest BCUT2D eigenvalue weighted by molar-refractivity contribution is 7.91. The molecule has 0 aromatic heterocycles. The molecule has 0 aliphatic carbocycles. The molecule has 0 saturated heterocycles. The molecule has 1 N–H and O–H groups in total. The first-order chi connectivity index (χ1) is 8.98. The number of hydrogen-bond donors (Lipinski definition) is 1. The molecule has 2 rings (SSSR count). The van der Waals surface area contributed by atoms with Crippen molar-refractivity contribution in [2.45, 2.75) is 12.7 Å². The van der Waals surface area contributed by atoms with Crippen molar-refractivity contribution >= 4 is 27.3 Å². The third-order valence-electron chi connectivity index (χ3n) is 2.73. The third-order valence-corrected chi connectivity index (χ3v) is 4.39. The van der Waals surface area contributed by atoms with Crippen molar-refractivity contribution in [1.29, 1.82) is 0 Å². The quantitative estimate of drug-likeness (QED) is 0.937. The molecule has 0 fully saturated rings. The number of rotatable bonds is 4. The minimum absolute atomic E-state index is 0.0558. The van der Waals surface area contributed by atoms with E-state index < -0.39 is 10.0 Å². The van der Waals surface area contributed by atoms with E-state index in [-0.39, 0.29) is 5.75 Å². The van der Waals surface area contributed by atoms with Gasteiger partial charge in [-0.15, -0.1) is 0 Å². The monoisotopic (exact) mass is 295 g/mol. The Morgan fingerprint density at radius 2 is 1.74 bits per heavy atom. The minimum Gasteiger partial charge on any atom is -0.283 e. The van der Waals surface area contributed by atoms with E-state index in [0.717, 1.165) is 11.1 Å². The summed E-state index contributed by atoms with van der Waals surface area (Å²) in [5.41, 5.74) is 1.99. The van der Waals surface area contributed by atoms with Gasteiger partial charge in [0, 0.05) is 5.02 Å². The lowest BCUT2D eigenvalue weighted by atomic mass is 10.2. The predicted molar refractivity (Wildman–Crippen MR) is 78.9 cm³/mol. The van der Waals surface area contributed by atoms with Crippen LogP contribution in [0.5, 0.6) is 0 Å². The van der Waals surface area contributed by atoms with E-state index in [0.29, 0.717) is 10.7 Å². The van der Waals surface area contributed by atoms with E-state index in [1.165, 1.54) is 0 Å². The molecule has 2 aromatic carbocycles. The van der Waals surface area contributed by atoms with Gasteiger partial charge in [0.1, 0.15) is 0 Å². The van der Waals surface area contributed by atoms with Crippen LogP contribution in [0, 0.1) is 6.92 Å². The summed E-state index contributed by atoms with van der Waals surface area (Å²) >= 11 is 5.97. The highest BCUT2D eigenvalue weighted by Crippen LogP contribution is 2.24. The van der Waals surface area contributed by atoms with Crippen molar-refractivity contribution in [1.82, 2.24) is 0 Å². The third kappa shape index (κ3) is 3.72. The highest BCUT2D eigenvalue weighted by atomic mass is 35.5. The molecule has 5 heteroatoms. The zero-order chi connectivity index (χ0) is 13.9. The highest BCUT2D eigenvalue weighted by Gasteiger charge is 2.13. The summed E-state index contributed by atoms with van der Waals surface area (Å²) in [7, 11) is -3.44. The van der Waals surface area contributed by atoms with Gasteiger partial charge in [-0.25, -0.2) is 8.42 Å². The molecule has 0 atom stereocenters. The number of hydrogen-bond acceptors (Lipinski definition) is 2. The van der Waals surface area contributed by atoms with Crippen LogP contribution < -0.4 is 4.72 Å². The maximum absolute atomic E-state index is 12.1. The second kappa shape index (κ2) is 5.63. The number of halogens is 1. The van der Waals surface area contributed by atoms with Crippen molar-refractivity contribution < 1.29 is 8.42 Å². The average Bonchev–Trinajstić information content (AvgIpc) is 2.35. The normalized spacial score (nSPS) is 11.3. The fourth-order valence-corrected chi connectivity index (χ4v) is 3.15. The maximum Gasteiger partial charge on any atom is 0.236 e. The molecule has 0 amide bonds. The van der Waals surface area contributed by atoms with Crippen LogP contribution in [-0.2, 0) is 15.8 Å². The molecule has 19 heavy (non-hydrogen) atoms. The molecule has 0 aliphatic rings. The lowest BCUT2D eigenvalue weighted by Crippen LogP contribution is -2.15. The smallest absolute Gasteiger partial charge is 0.236 e. The summed E-state index contributed by atoms with van der Waals surface area (Å²) in [5, 5.41) is 0.542. The predicted octanol–water partition coefficient (Wildman–Crippen LogP) is 3.59. The lowest BCUT2D eigenvalue weighted by Gasteiger charge is -2.11. The molecule has 0 saturated carbocycles. The van der Waals surface area contributed by atoms with Crippen LogP contribution in [0.4, 0.5) is 5.69 Å². The number of anilines is 1. The number of sulfonamides is 1.